The first-order valence-electron chi connectivity index (χ1n) is 4.27. The first kappa shape index (κ1) is 8.68. The molecule has 2 radical (unpaired) electrons. The zero-order valence-electron chi connectivity index (χ0n) is 7.53. The third-order valence-electron chi connectivity index (χ3n) is 2.02. The summed E-state index contributed by atoms with van der Waals surface area (Å²) in [6.07, 6.45) is 4.98. The number of rotatable bonds is 1. The molecule has 5 nitrogen and oxygen atoms in total. The Kier molecular flexibility index (Phi) is 1.85. The Labute approximate surface area is 93.7 Å². The van der Waals surface area contributed by atoms with Gasteiger partial charge in [0.2, 0.25) is 0 Å². The molecule has 0 spiro atoms. The third kappa shape index (κ3) is 1.36. The van der Waals surface area contributed by atoms with Crippen molar-refractivity contribution in [1.82, 2.24) is 19.5 Å². The number of nitrogens with zero attached hydrogens (tertiary/aromatic N) is 4. The Morgan fingerprint density at radius 1 is 1.33 bits per heavy atom. The molecular formula is C9H5AsN4O. The Bertz CT molecular complexity index is 602. The number of imidazole rings is 1. The van der Waals surface area contributed by atoms with Crippen molar-refractivity contribution in [2.45, 2.75) is 0 Å². The van der Waals surface area contributed by atoms with Crippen LogP contribution in [0.5, 0.6) is 0 Å². The van der Waals surface area contributed by atoms with E-state index in [1.54, 1.807) is 23.4 Å². The molecule has 0 unspecified atom stereocenters. The van der Waals surface area contributed by atoms with Crippen molar-refractivity contribution in [1.29, 1.82) is 0 Å². The Morgan fingerprint density at radius 2 is 2.27 bits per heavy atom. The molecule has 6 heteroatoms. The van der Waals surface area contributed by atoms with Crippen LogP contribution in [0.25, 0.3) is 17.0 Å². The van der Waals surface area contributed by atoms with Gasteiger partial charge in [0.15, 0.2) is 0 Å². The van der Waals surface area contributed by atoms with Gasteiger partial charge in [0, 0.05) is 0 Å². The maximum atomic E-state index is 5.28. The number of aromatic nitrogens is 4. The summed E-state index contributed by atoms with van der Waals surface area (Å²) in [4.78, 5) is 12.5. The van der Waals surface area contributed by atoms with E-state index in [0.29, 0.717) is 10.5 Å². The molecule has 72 valence electrons. The third-order valence-corrected chi connectivity index (χ3v) is 2.47. The van der Waals surface area contributed by atoms with Gasteiger partial charge in [-0.05, 0) is 0 Å². The monoisotopic (exact) mass is 260 g/mol. The van der Waals surface area contributed by atoms with Gasteiger partial charge in [-0.1, -0.05) is 0 Å². The van der Waals surface area contributed by atoms with Crippen molar-refractivity contribution in [3.8, 4) is 5.88 Å². The van der Waals surface area contributed by atoms with Crippen LogP contribution in [0.2, 0.25) is 0 Å². The molecule has 0 amide bonds. The summed E-state index contributed by atoms with van der Waals surface area (Å²) >= 11 is 2.30. The number of hydrogen-bond acceptors (Lipinski definition) is 4. The van der Waals surface area contributed by atoms with Crippen molar-refractivity contribution in [2.75, 3.05) is 0 Å². The van der Waals surface area contributed by atoms with Crippen molar-refractivity contribution in [3.05, 3.63) is 30.9 Å². The second kappa shape index (κ2) is 3.21. The topological polar surface area (TPSA) is 56.7 Å². The van der Waals surface area contributed by atoms with Crippen molar-refractivity contribution in [3.63, 3.8) is 0 Å². The standard InChI is InChI=1S/C9H5AsN4O/c10-9-11-4-6-8(13-9)14(5-12-6)7-2-1-3-15-7/h1-5H. The van der Waals surface area contributed by atoms with E-state index in [9.17, 15) is 0 Å². The summed E-state index contributed by atoms with van der Waals surface area (Å²) in [5.74, 6) is 0.697. The molecule has 0 fully saturated rings. The number of fused-ring (bicyclic) bond motifs is 1. The molecule has 0 aliphatic heterocycles. The predicted molar refractivity (Wildman–Crippen MR) is 54.3 cm³/mol. The van der Waals surface area contributed by atoms with Gasteiger partial charge >= 0.3 is 93.4 Å². The van der Waals surface area contributed by atoms with Crippen LogP contribution in [0.3, 0.4) is 0 Å². The van der Waals surface area contributed by atoms with E-state index >= 15 is 0 Å². The summed E-state index contributed by atoms with van der Waals surface area (Å²) in [6.45, 7) is 0. The fourth-order valence-corrected chi connectivity index (χ4v) is 1.69. The zero-order chi connectivity index (χ0) is 10.3. The number of furan rings is 1. The van der Waals surface area contributed by atoms with E-state index in [0.717, 1.165) is 11.2 Å². The summed E-state index contributed by atoms with van der Waals surface area (Å²) < 4.78 is 7.72. The van der Waals surface area contributed by atoms with Crippen LogP contribution in [0.1, 0.15) is 0 Å². The minimum atomic E-state index is 0.656. The summed E-state index contributed by atoms with van der Waals surface area (Å²) in [7, 11) is 0. The fraction of sp³-hybridized carbons (Fsp3) is 0. The van der Waals surface area contributed by atoms with Crippen LogP contribution >= 0.6 is 0 Å². The normalized spacial score (nSPS) is 11.0. The van der Waals surface area contributed by atoms with E-state index in [4.69, 9.17) is 4.42 Å². The molecule has 15 heavy (non-hydrogen) atoms. The van der Waals surface area contributed by atoms with Crippen LogP contribution in [0, 0.1) is 0 Å². The van der Waals surface area contributed by atoms with Crippen molar-refractivity contribution < 1.29 is 4.42 Å². The molecule has 0 bridgehead atoms. The SMILES string of the molecule is [As]c1ncc2ncn(-c3ccco3)c2n1. The molecule has 3 aromatic heterocycles. The van der Waals surface area contributed by atoms with Gasteiger partial charge in [0.05, 0.1) is 0 Å². The van der Waals surface area contributed by atoms with Crippen LogP contribution in [0.15, 0.2) is 35.3 Å². The van der Waals surface area contributed by atoms with Crippen LogP contribution in [0.4, 0.5) is 0 Å². The molecule has 0 aliphatic carbocycles. The fourth-order valence-electron chi connectivity index (χ4n) is 1.37. The molecule has 3 aromatic rings. The van der Waals surface area contributed by atoms with Crippen LogP contribution < -0.4 is 4.61 Å². The Balaban J connectivity index is 2.32. The minimum absolute atomic E-state index is 0.656. The second-order valence-corrected chi connectivity index (χ2v) is 3.78. The molecule has 0 saturated carbocycles. The maximum absolute atomic E-state index is 5.28. The van der Waals surface area contributed by atoms with Gasteiger partial charge in [-0.2, -0.15) is 0 Å². The van der Waals surface area contributed by atoms with Crippen molar-refractivity contribution in [2.24, 2.45) is 0 Å². The molecule has 0 saturated heterocycles. The molecule has 3 heterocycles. The van der Waals surface area contributed by atoms with Gasteiger partial charge < -0.3 is 0 Å². The second-order valence-electron chi connectivity index (χ2n) is 2.94. The van der Waals surface area contributed by atoms with Gasteiger partial charge in [-0.25, -0.2) is 0 Å². The summed E-state index contributed by atoms with van der Waals surface area (Å²) in [5, 5.41) is 0. The average molecular weight is 260 g/mol. The van der Waals surface area contributed by atoms with Crippen LogP contribution in [-0.2, 0) is 0 Å². The average Bonchev–Trinajstić information content (AvgIpc) is 2.83. The molecule has 3 rings (SSSR count). The predicted octanol–water partition coefficient (Wildman–Crippen LogP) is 0.202. The van der Waals surface area contributed by atoms with Gasteiger partial charge in [-0.15, -0.1) is 0 Å². The molecule has 0 aromatic carbocycles. The Morgan fingerprint density at radius 3 is 3.07 bits per heavy atom. The molecule has 0 aliphatic rings. The van der Waals surface area contributed by atoms with Gasteiger partial charge in [0.25, 0.3) is 0 Å². The summed E-state index contributed by atoms with van der Waals surface area (Å²) in [6, 6.07) is 3.68. The van der Waals surface area contributed by atoms with Crippen molar-refractivity contribution >= 4 is 32.6 Å². The first-order chi connectivity index (χ1) is 7.34. The number of hydrogen-bond donors (Lipinski definition) is 0. The molecular weight excluding hydrogens is 255 g/mol. The van der Waals surface area contributed by atoms with E-state index in [-0.39, 0.29) is 0 Å². The van der Waals surface area contributed by atoms with Gasteiger partial charge in [-0.3, -0.25) is 0 Å². The zero-order valence-corrected chi connectivity index (χ0v) is 9.41. The van der Waals surface area contributed by atoms with Gasteiger partial charge in [0.1, 0.15) is 0 Å². The Hall–Kier alpha value is -1.61. The quantitative estimate of drug-likeness (QED) is 0.586. The molecule has 0 atom stereocenters. The van der Waals surface area contributed by atoms with E-state index in [2.05, 4.69) is 31.8 Å². The van der Waals surface area contributed by atoms with Crippen LogP contribution in [-0.4, -0.2) is 36.4 Å². The molecule has 0 N–H and O–H groups in total. The summed E-state index contributed by atoms with van der Waals surface area (Å²) in [5.41, 5.74) is 1.50. The van der Waals surface area contributed by atoms with E-state index < -0.39 is 0 Å². The van der Waals surface area contributed by atoms with E-state index in [1.165, 1.54) is 0 Å². The van der Waals surface area contributed by atoms with E-state index in [1.807, 2.05) is 12.1 Å². The first-order valence-corrected chi connectivity index (χ1v) is 5.21.